The number of hydrogen-bond donors (Lipinski definition) is 1. The molecule has 0 bridgehead atoms. The third-order valence-electron chi connectivity index (χ3n) is 4.12. The van der Waals surface area contributed by atoms with E-state index >= 15 is 0 Å². The molecule has 0 saturated carbocycles. The molecule has 2 aromatic carbocycles. The number of carbonyl (C=O) groups excluding carboxylic acids is 1. The second-order valence-electron chi connectivity index (χ2n) is 6.35. The number of halogens is 1. The van der Waals surface area contributed by atoms with Crippen LogP contribution < -0.4 is 5.32 Å². The minimum Gasteiger partial charge on any atom is -0.322 e. The van der Waals surface area contributed by atoms with Crippen LogP contribution in [0.15, 0.2) is 47.4 Å². The zero-order chi connectivity index (χ0) is 20.5. The first-order valence-corrected chi connectivity index (χ1v) is 9.95. The summed E-state index contributed by atoms with van der Waals surface area (Å²) in [5.74, 6) is -0.822. The topological polar surface area (TPSA) is 107 Å². The Balaban J connectivity index is 1.97. The van der Waals surface area contributed by atoms with Crippen molar-refractivity contribution in [3.63, 3.8) is 0 Å². The largest absolute Gasteiger partial charge is 0.322 e. The number of aromatic nitrogens is 4. The number of nitrogens with zero attached hydrogens (tertiary/aromatic N) is 4. The Morgan fingerprint density at radius 3 is 2.54 bits per heavy atom. The molecule has 146 valence electrons. The summed E-state index contributed by atoms with van der Waals surface area (Å²) in [6.45, 7) is 4.70. The normalized spacial score (nSPS) is 11.6. The van der Waals surface area contributed by atoms with Crippen molar-refractivity contribution in [3.05, 3.63) is 59.7 Å². The first kappa shape index (κ1) is 19.6. The number of aryl methyl sites for hydroxylation is 1. The molecular formula is C18H18FN5O3S. The maximum atomic E-state index is 14.2. The summed E-state index contributed by atoms with van der Waals surface area (Å²) in [7, 11) is -3.65. The highest BCUT2D eigenvalue weighted by molar-refractivity contribution is 7.92. The summed E-state index contributed by atoms with van der Waals surface area (Å²) in [4.78, 5) is 12.7. The molecule has 0 spiro atoms. The third kappa shape index (κ3) is 3.63. The van der Waals surface area contributed by atoms with Gasteiger partial charge in [0.15, 0.2) is 15.7 Å². The van der Waals surface area contributed by atoms with E-state index in [1.54, 1.807) is 32.9 Å². The van der Waals surface area contributed by atoms with E-state index in [4.69, 9.17) is 0 Å². The standard InChI is InChI=1S/C18H18FN5O3S/c1-11(2)28(26,27)17-7-5-4-6-14(17)18(25)20-13-8-9-15(19)16(10-13)24-12(3)21-22-23-24/h4-11H,1-3H3,(H,20,25). The summed E-state index contributed by atoms with van der Waals surface area (Å²) in [6.07, 6.45) is 0. The molecule has 1 N–H and O–H groups in total. The molecule has 10 heteroatoms. The molecule has 0 aliphatic rings. The van der Waals surface area contributed by atoms with E-state index in [1.165, 1.54) is 35.0 Å². The van der Waals surface area contributed by atoms with Crippen molar-refractivity contribution >= 4 is 21.4 Å². The van der Waals surface area contributed by atoms with Crippen LogP contribution in [0.25, 0.3) is 5.69 Å². The monoisotopic (exact) mass is 403 g/mol. The number of anilines is 1. The first-order chi connectivity index (χ1) is 13.2. The lowest BCUT2D eigenvalue weighted by molar-refractivity contribution is 0.102. The van der Waals surface area contributed by atoms with E-state index < -0.39 is 26.8 Å². The second kappa shape index (κ2) is 7.47. The molecule has 28 heavy (non-hydrogen) atoms. The van der Waals surface area contributed by atoms with Gasteiger partial charge in [-0.05, 0) is 61.5 Å². The number of tetrazole rings is 1. The summed E-state index contributed by atoms with van der Waals surface area (Å²) in [5, 5.41) is 12.8. The van der Waals surface area contributed by atoms with Crippen molar-refractivity contribution in [2.24, 2.45) is 0 Å². The van der Waals surface area contributed by atoms with E-state index in [2.05, 4.69) is 20.8 Å². The van der Waals surface area contributed by atoms with Gasteiger partial charge in [-0.3, -0.25) is 4.79 Å². The zero-order valence-electron chi connectivity index (χ0n) is 15.4. The van der Waals surface area contributed by atoms with Crippen LogP contribution in [-0.4, -0.2) is 39.8 Å². The Bertz CT molecular complexity index is 1140. The van der Waals surface area contributed by atoms with Gasteiger partial charge < -0.3 is 5.32 Å². The predicted molar refractivity (Wildman–Crippen MR) is 101 cm³/mol. The van der Waals surface area contributed by atoms with Crippen molar-refractivity contribution in [2.75, 3.05) is 5.32 Å². The smallest absolute Gasteiger partial charge is 0.256 e. The number of hydrogen-bond acceptors (Lipinski definition) is 6. The molecule has 0 fully saturated rings. The van der Waals surface area contributed by atoms with Crippen LogP contribution in [0.5, 0.6) is 0 Å². The molecule has 3 rings (SSSR count). The highest BCUT2D eigenvalue weighted by Gasteiger charge is 2.25. The molecule has 1 amide bonds. The maximum Gasteiger partial charge on any atom is 0.256 e. The Morgan fingerprint density at radius 1 is 1.18 bits per heavy atom. The molecule has 0 saturated heterocycles. The Kier molecular flexibility index (Phi) is 5.23. The fourth-order valence-corrected chi connectivity index (χ4v) is 3.81. The molecule has 1 aromatic heterocycles. The van der Waals surface area contributed by atoms with Crippen LogP contribution >= 0.6 is 0 Å². The summed E-state index contributed by atoms with van der Waals surface area (Å²) < 4.78 is 40.5. The summed E-state index contributed by atoms with van der Waals surface area (Å²) >= 11 is 0. The van der Waals surface area contributed by atoms with E-state index in [1.807, 2.05) is 0 Å². The van der Waals surface area contributed by atoms with Crippen LogP contribution in [0.4, 0.5) is 10.1 Å². The molecule has 0 radical (unpaired) electrons. The van der Waals surface area contributed by atoms with Gasteiger partial charge in [0.2, 0.25) is 0 Å². The fraction of sp³-hybridized carbons (Fsp3) is 0.222. The fourth-order valence-electron chi connectivity index (χ4n) is 2.56. The molecule has 1 heterocycles. The minimum atomic E-state index is -3.65. The minimum absolute atomic E-state index is 0.0145. The van der Waals surface area contributed by atoms with Crippen LogP contribution in [0, 0.1) is 12.7 Å². The molecule has 0 aliphatic heterocycles. The molecule has 3 aromatic rings. The highest BCUT2D eigenvalue weighted by Crippen LogP contribution is 2.23. The number of nitrogens with one attached hydrogen (secondary N) is 1. The van der Waals surface area contributed by atoms with Gasteiger partial charge in [-0.15, -0.1) is 5.10 Å². The number of amides is 1. The number of benzene rings is 2. The molecule has 0 unspecified atom stereocenters. The summed E-state index contributed by atoms with van der Waals surface area (Å²) in [5.41, 5.74) is 0.345. The van der Waals surface area contributed by atoms with Crippen molar-refractivity contribution in [1.82, 2.24) is 20.2 Å². The maximum absolute atomic E-state index is 14.2. The molecule has 0 atom stereocenters. The van der Waals surface area contributed by atoms with E-state index in [9.17, 15) is 17.6 Å². The lowest BCUT2D eigenvalue weighted by Gasteiger charge is -2.13. The van der Waals surface area contributed by atoms with Crippen molar-refractivity contribution in [2.45, 2.75) is 30.9 Å². The van der Waals surface area contributed by atoms with Crippen molar-refractivity contribution in [3.8, 4) is 5.69 Å². The van der Waals surface area contributed by atoms with Crippen LogP contribution in [0.1, 0.15) is 30.0 Å². The van der Waals surface area contributed by atoms with Gasteiger partial charge in [0.1, 0.15) is 11.5 Å². The van der Waals surface area contributed by atoms with Crippen molar-refractivity contribution < 1.29 is 17.6 Å². The average Bonchev–Trinajstić information content (AvgIpc) is 3.09. The van der Waals surface area contributed by atoms with Gasteiger partial charge in [-0.1, -0.05) is 12.1 Å². The van der Waals surface area contributed by atoms with Gasteiger partial charge in [-0.25, -0.2) is 12.8 Å². The average molecular weight is 403 g/mol. The van der Waals surface area contributed by atoms with Gasteiger partial charge in [-0.2, -0.15) is 4.68 Å². The van der Waals surface area contributed by atoms with Crippen molar-refractivity contribution in [1.29, 1.82) is 0 Å². The number of rotatable bonds is 5. The lowest BCUT2D eigenvalue weighted by Crippen LogP contribution is -2.21. The predicted octanol–water partition coefficient (Wildman–Crippen LogP) is 2.54. The number of carbonyl (C=O) groups is 1. The quantitative estimate of drug-likeness (QED) is 0.702. The van der Waals surface area contributed by atoms with Crippen LogP contribution in [0.3, 0.4) is 0 Å². The van der Waals surface area contributed by atoms with E-state index in [-0.39, 0.29) is 21.8 Å². The lowest BCUT2D eigenvalue weighted by atomic mass is 10.2. The van der Waals surface area contributed by atoms with E-state index in [0.29, 0.717) is 5.82 Å². The molecule has 8 nitrogen and oxygen atoms in total. The third-order valence-corrected chi connectivity index (χ3v) is 6.33. The summed E-state index contributed by atoms with van der Waals surface area (Å²) in [6, 6.07) is 9.87. The van der Waals surface area contributed by atoms with Crippen LogP contribution in [0.2, 0.25) is 0 Å². The van der Waals surface area contributed by atoms with Crippen LogP contribution in [-0.2, 0) is 9.84 Å². The SMILES string of the molecule is Cc1nnnn1-c1cc(NC(=O)c2ccccc2S(=O)(=O)C(C)C)ccc1F. The van der Waals surface area contributed by atoms with Gasteiger partial charge in [0.05, 0.1) is 15.7 Å². The first-order valence-electron chi connectivity index (χ1n) is 8.41. The Morgan fingerprint density at radius 2 is 1.89 bits per heavy atom. The zero-order valence-corrected chi connectivity index (χ0v) is 16.2. The molecular weight excluding hydrogens is 385 g/mol. The van der Waals surface area contributed by atoms with Gasteiger partial charge >= 0.3 is 0 Å². The van der Waals surface area contributed by atoms with E-state index in [0.717, 1.165) is 0 Å². The highest BCUT2D eigenvalue weighted by atomic mass is 32.2. The van der Waals surface area contributed by atoms with Gasteiger partial charge in [0, 0.05) is 5.69 Å². The van der Waals surface area contributed by atoms with Gasteiger partial charge in [0.25, 0.3) is 5.91 Å². The molecule has 0 aliphatic carbocycles. The number of sulfone groups is 1. The Hall–Kier alpha value is -3.14. The second-order valence-corrected chi connectivity index (χ2v) is 8.82. The Labute approximate surface area is 161 Å².